The van der Waals surface area contributed by atoms with Gasteiger partial charge in [0.05, 0.1) is 19.6 Å². The number of likely N-dealkylation sites (N-methyl/N-ethyl adjacent to an activating group) is 1. The number of fused-ring (bicyclic) bond motifs is 1. The molecule has 4 aromatic rings. The van der Waals surface area contributed by atoms with E-state index in [9.17, 15) is 19.4 Å². The first kappa shape index (κ1) is 24.5. The van der Waals surface area contributed by atoms with Crippen LogP contribution in [0.2, 0.25) is 0 Å². The summed E-state index contributed by atoms with van der Waals surface area (Å²) in [4.78, 5) is 29.5. The first-order valence-corrected chi connectivity index (χ1v) is 11.3. The van der Waals surface area contributed by atoms with Crippen molar-refractivity contribution in [3.05, 3.63) is 60.4 Å². The fourth-order valence-electron chi connectivity index (χ4n) is 4.11. The van der Waals surface area contributed by atoms with Gasteiger partial charge < -0.3 is 30.3 Å². The highest BCUT2D eigenvalue weighted by Gasteiger charge is 2.47. The number of hydrogen-bond acceptors (Lipinski definition) is 10. The predicted molar refractivity (Wildman–Crippen MR) is 129 cm³/mol. The van der Waals surface area contributed by atoms with Gasteiger partial charge >= 0.3 is 0 Å². The number of benzene rings is 1. The minimum atomic E-state index is -1.47. The van der Waals surface area contributed by atoms with Gasteiger partial charge in [-0.1, -0.05) is 12.1 Å². The number of anilines is 1. The van der Waals surface area contributed by atoms with Crippen LogP contribution in [0.25, 0.3) is 22.6 Å². The summed E-state index contributed by atoms with van der Waals surface area (Å²) in [6.45, 7) is 0.358. The van der Waals surface area contributed by atoms with E-state index in [1.54, 1.807) is 7.11 Å². The standard InChI is InChI=1S/C24H24FN7O5/c1-26-23(35)19-17(33)18(34)24(37-19)32-11-29-16-21(28-8-12-4-3-5-15(6-12)36-2)30-20(31-22(16)32)13-7-14(25)10-27-9-13/h3-7,9-11,17-19,24,33-34H,8H2,1-2H3,(H,26,35)(H,28,30,31)/t17?,18?,19-,24?/m1/s1. The maximum Gasteiger partial charge on any atom is 0.251 e. The number of hydrogen-bond donors (Lipinski definition) is 4. The van der Waals surface area contributed by atoms with E-state index < -0.39 is 36.3 Å². The smallest absolute Gasteiger partial charge is 0.251 e. The number of pyridine rings is 1. The zero-order chi connectivity index (χ0) is 26.1. The molecule has 12 nitrogen and oxygen atoms in total. The summed E-state index contributed by atoms with van der Waals surface area (Å²) in [5.74, 6) is 0.0264. The third kappa shape index (κ3) is 4.67. The Labute approximate surface area is 210 Å². The lowest BCUT2D eigenvalue weighted by atomic mass is 10.1. The molecule has 3 aromatic heterocycles. The number of carbonyl (C=O) groups is 1. The van der Waals surface area contributed by atoms with Gasteiger partial charge in [0, 0.05) is 25.4 Å². The van der Waals surface area contributed by atoms with Gasteiger partial charge in [-0.2, -0.15) is 0 Å². The van der Waals surface area contributed by atoms with Crippen LogP contribution in [0.4, 0.5) is 10.2 Å². The van der Waals surface area contributed by atoms with Gasteiger partial charge in [-0.15, -0.1) is 0 Å². The molecule has 1 aromatic carbocycles. The number of aliphatic hydroxyl groups excluding tert-OH is 2. The van der Waals surface area contributed by atoms with E-state index in [0.29, 0.717) is 29.2 Å². The summed E-state index contributed by atoms with van der Waals surface area (Å²) in [5.41, 5.74) is 1.79. The molecule has 37 heavy (non-hydrogen) atoms. The molecule has 0 saturated carbocycles. The molecule has 4 heterocycles. The van der Waals surface area contributed by atoms with Gasteiger partial charge in [-0.25, -0.2) is 19.3 Å². The Kier molecular flexibility index (Phi) is 6.65. The monoisotopic (exact) mass is 509 g/mol. The SMILES string of the molecule is CNC(=O)[C@@H]1OC(n2cnc3c(NCc4cccc(OC)c4)nc(-c4cncc(F)c4)nc32)C(O)C1O. The van der Waals surface area contributed by atoms with E-state index >= 15 is 0 Å². The van der Waals surface area contributed by atoms with Crippen LogP contribution in [0.5, 0.6) is 5.75 Å². The molecule has 0 radical (unpaired) electrons. The Morgan fingerprint density at radius 2 is 2.05 bits per heavy atom. The molecule has 1 aliphatic heterocycles. The van der Waals surface area contributed by atoms with Crippen LogP contribution in [-0.2, 0) is 16.1 Å². The Morgan fingerprint density at radius 1 is 1.22 bits per heavy atom. The second kappa shape index (κ2) is 10.0. The molecular weight excluding hydrogens is 485 g/mol. The molecule has 1 fully saturated rings. The molecule has 3 unspecified atom stereocenters. The molecule has 4 atom stereocenters. The van der Waals surface area contributed by atoms with Gasteiger partial charge in [0.15, 0.2) is 35.1 Å². The van der Waals surface area contributed by atoms with E-state index in [0.717, 1.165) is 11.8 Å². The van der Waals surface area contributed by atoms with Crippen LogP contribution >= 0.6 is 0 Å². The Hall–Kier alpha value is -4.20. The maximum absolute atomic E-state index is 13.9. The predicted octanol–water partition coefficient (Wildman–Crippen LogP) is 1.01. The highest BCUT2D eigenvalue weighted by molar-refractivity contribution is 5.85. The van der Waals surface area contributed by atoms with Crippen molar-refractivity contribution >= 4 is 22.9 Å². The Bertz CT molecular complexity index is 1450. The van der Waals surface area contributed by atoms with Crippen LogP contribution in [0, 0.1) is 5.82 Å². The van der Waals surface area contributed by atoms with E-state index in [1.807, 2.05) is 24.3 Å². The fourth-order valence-corrected chi connectivity index (χ4v) is 4.11. The average molecular weight is 509 g/mol. The van der Waals surface area contributed by atoms with Crippen LogP contribution in [0.1, 0.15) is 11.8 Å². The van der Waals surface area contributed by atoms with E-state index in [2.05, 4.69) is 30.6 Å². The first-order valence-electron chi connectivity index (χ1n) is 11.3. The average Bonchev–Trinajstić information content (AvgIpc) is 3.47. The van der Waals surface area contributed by atoms with Crippen LogP contribution in [-0.4, -0.2) is 73.1 Å². The number of imidazole rings is 1. The van der Waals surface area contributed by atoms with Crippen molar-refractivity contribution in [2.24, 2.45) is 0 Å². The number of aromatic nitrogens is 5. The first-order chi connectivity index (χ1) is 17.9. The molecule has 4 N–H and O–H groups in total. The van der Waals surface area contributed by atoms with Gasteiger partial charge in [0.2, 0.25) is 0 Å². The third-order valence-corrected chi connectivity index (χ3v) is 6.00. The zero-order valence-corrected chi connectivity index (χ0v) is 19.9. The summed E-state index contributed by atoms with van der Waals surface area (Å²) in [5, 5.41) is 26.7. The molecule has 13 heteroatoms. The van der Waals surface area contributed by atoms with Crippen molar-refractivity contribution < 1.29 is 28.9 Å². The highest BCUT2D eigenvalue weighted by atomic mass is 19.1. The molecule has 0 aliphatic carbocycles. The van der Waals surface area contributed by atoms with Crippen molar-refractivity contribution in [2.75, 3.05) is 19.5 Å². The second-order valence-corrected chi connectivity index (χ2v) is 8.36. The fraction of sp³-hybridized carbons (Fsp3) is 0.292. The van der Waals surface area contributed by atoms with Crippen molar-refractivity contribution in [2.45, 2.75) is 31.1 Å². The lowest BCUT2D eigenvalue weighted by Gasteiger charge is -2.17. The topological polar surface area (TPSA) is 157 Å². The Balaban J connectivity index is 1.57. The number of methoxy groups -OCH3 is 1. The Morgan fingerprint density at radius 3 is 2.81 bits per heavy atom. The van der Waals surface area contributed by atoms with E-state index in [-0.39, 0.29) is 11.5 Å². The number of nitrogens with one attached hydrogen (secondary N) is 2. The summed E-state index contributed by atoms with van der Waals surface area (Å²) in [7, 11) is 2.98. The van der Waals surface area contributed by atoms with Crippen molar-refractivity contribution in [3.8, 4) is 17.1 Å². The van der Waals surface area contributed by atoms with Crippen molar-refractivity contribution in [1.29, 1.82) is 0 Å². The molecule has 0 spiro atoms. The summed E-state index contributed by atoms with van der Waals surface area (Å²) < 4.78 is 26.3. The largest absolute Gasteiger partial charge is 0.497 e. The normalized spacial score (nSPS) is 21.2. The quantitative estimate of drug-likeness (QED) is 0.284. The number of halogens is 1. The molecule has 1 amide bonds. The highest BCUT2D eigenvalue weighted by Crippen LogP contribution is 2.33. The maximum atomic E-state index is 13.9. The number of amides is 1. The van der Waals surface area contributed by atoms with Crippen molar-refractivity contribution in [3.63, 3.8) is 0 Å². The van der Waals surface area contributed by atoms with Gasteiger partial charge in [-0.3, -0.25) is 14.3 Å². The molecule has 1 aliphatic rings. The molecule has 1 saturated heterocycles. The van der Waals surface area contributed by atoms with Gasteiger partial charge in [-0.05, 0) is 23.8 Å². The minimum Gasteiger partial charge on any atom is -0.497 e. The van der Waals surface area contributed by atoms with E-state index in [4.69, 9.17) is 9.47 Å². The summed E-state index contributed by atoms with van der Waals surface area (Å²) in [6, 6.07) is 8.71. The number of carbonyl (C=O) groups excluding carboxylic acids is 1. The number of aliphatic hydroxyl groups is 2. The lowest BCUT2D eigenvalue weighted by Crippen LogP contribution is -2.41. The third-order valence-electron chi connectivity index (χ3n) is 6.00. The van der Waals surface area contributed by atoms with Crippen molar-refractivity contribution in [1.82, 2.24) is 29.8 Å². The molecule has 5 rings (SSSR count). The van der Waals surface area contributed by atoms with Crippen LogP contribution < -0.4 is 15.4 Å². The van der Waals surface area contributed by atoms with Crippen LogP contribution in [0.3, 0.4) is 0 Å². The second-order valence-electron chi connectivity index (χ2n) is 8.36. The summed E-state index contributed by atoms with van der Waals surface area (Å²) in [6.07, 6.45) is -1.51. The zero-order valence-electron chi connectivity index (χ0n) is 19.9. The number of rotatable bonds is 7. The lowest BCUT2D eigenvalue weighted by molar-refractivity contribution is -0.137. The molecular formula is C24H24FN7O5. The van der Waals surface area contributed by atoms with Gasteiger partial charge in [0.25, 0.3) is 5.91 Å². The van der Waals surface area contributed by atoms with E-state index in [1.165, 1.54) is 30.2 Å². The minimum absolute atomic E-state index is 0.144. The van der Waals surface area contributed by atoms with Gasteiger partial charge in [0.1, 0.15) is 23.8 Å². The number of nitrogens with zero attached hydrogens (tertiary/aromatic N) is 5. The molecule has 192 valence electrons. The van der Waals surface area contributed by atoms with Crippen LogP contribution in [0.15, 0.2) is 49.1 Å². The summed E-state index contributed by atoms with van der Waals surface area (Å²) >= 11 is 0. The molecule has 0 bridgehead atoms. The number of ether oxygens (including phenoxy) is 2.